The van der Waals surface area contributed by atoms with Crippen LogP contribution in [0.15, 0.2) is 63.4 Å². The van der Waals surface area contributed by atoms with Crippen LogP contribution in [-0.4, -0.2) is 29.5 Å². The van der Waals surface area contributed by atoms with E-state index < -0.39 is 0 Å². The van der Waals surface area contributed by atoms with Crippen LogP contribution >= 0.6 is 23.5 Å². The first-order chi connectivity index (χ1) is 13.7. The van der Waals surface area contributed by atoms with Crippen molar-refractivity contribution in [2.75, 3.05) is 20.0 Å². The number of methoxy groups -OCH3 is 2. The Bertz CT molecular complexity index is 1050. The Morgan fingerprint density at radius 3 is 2.64 bits per heavy atom. The number of hydrogen-bond donors (Lipinski definition) is 0. The average molecular weight is 413 g/mol. The van der Waals surface area contributed by atoms with Crippen molar-refractivity contribution in [2.45, 2.75) is 22.2 Å². The Labute approximate surface area is 172 Å². The average Bonchev–Trinajstić information content (AvgIpc) is 3.21. The van der Waals surface area contributed by atoms with Crippen molar-refractivity contribution in [3.63, 3.8) is 0 Å². The number of nitrogens with zero attached hydrogens (tertiary/aromatic N) is 2. The molecule has 0 unspecified atom stereocenters. The lowest BCUT2D eigenvalue weighted by molar-refractivity contribution is 0.354. The van der Waals surface area contributed by atoms with Crippen molar-refractivity contribution in [2.24, 2.45) is 0 Å². The molecule has 0 amide bonds. The molecule has 1 aliphatic heterocycles. The Morgan fingerprint density at radius 2 is 1.89 bits per heavy atom. The summed E-state index contributed by atoms with van der Waals surface area (Å²) in [6.07, 6.45) is 0.834. The highest BCUT2D eigenvalue weighted by atomic mass is 32.2. The number of aromatic nitrogens is 2. The van der Waals surface area contributed by atoms with Gasteiger partial charge in [-0.3, -0.25) is 9.36 Å². The number of aryl methyl sites for hydroxylation is 1. The van der Waals surface area contributed by atoms with Crippen molar-refractivity contribution >= 4 is 23.5 Å². The van der Waals surface area contributed by atoms with E-state index in [0.717, 1.165) is 34.2 Å². The van der Waals surface area contributed by atoms with Gasteiger partial charge in [-0.2, -0.15) is 0 Å². The Morgan fingerprint density at radius 1 is 1.11 bits per heavy atom. The Kier molecular flexibility index (Phi) is 5.64. The van der Waals surface area contributed by atoms with E-state index in [9.17, 15) is 4.79 Å². The summed E-state index contributed by atoms with van der Waals surface area (Å²) in [7, 11) is 3.19. The van der Waals surface area contributed by atoms with E-state index in [-0.39, 0.29) is 5.56 Å². The maximum atomic E-state index is 13.3. The largest absolute Gasteiger partial charge is 0.493 e. The fourth-order valence-electron chi connectivity index (χ4n) is 3.10. The molecule has 0 bridgehead atoms. The topological polar surface area (TPSA) is 53.4 Å². The van der Waals surface area contributed by atoms with Gasteiger partial charge in [-0.15, -0.1) is 11.8 Å². The molecule has 28 heavy (non-hydrogen) atoms. The second-order valence-corrected chi connectivity index (χ2v) is 8.27. The highest BCUT2D eigenvalue weighted by Gasteiger charge is 2.23. The number of fused-ring (bicyclic) bond motifs is 1. The van der Waals surface area contributed by atoms with Crippen LogP contribution in [0.25, 0.3) is 5.69 Å². The fraction of sp³-hybridized carbons (Fsp3) is 0.238. The number of hydrogen-bond acceptors (Lipinski definition) is 6. The lowest BCUT2D eigenvalue weighted by Gasteiger charge is -2.15. The lowest BCUT2D eigenvalue weighted by atomic mass is 10.2. The summed E-state index contributed by atoms with van der Waals surface area (Å²) in [6, 6.07) is 15.7. The van der Waals surface area contributed by atoms with E-state index in [0.29, 0.717) is 16.7 Å². The van der Waals surface area contributed by atoms with Crippen LogP contribution in [0.2, 0.25) is 0 Å². The van der Waals surface area contributed by atoms with Gasteiger partial charge in [-0.25, -0.2) is 4.98 Å². The first kappa shape index (κ1) is 19.0. The van der Waals surface area contributed by atoms with Crippen molar-refractivity contribution < 1.29 is 9.47 Å². The molecule has 2 aromatic carbocycles. The van der Waals surface area contributed by atoms with Gasteiger partial charge in [0, 0.05) is 24.0 Å². The molecule has 1 aromatic heterocycles. The molecule has 0 atom stereocenters. The minimum absolute atomic E-state index is 0.0183. The third-order valence-electron chi connectivity index (χ3n) is 4.50. The van der Waals surface area contributed by atoms with E-state index in [1.807, 2.05) is 36.4 Å². The summed E-state index contributed by atoms with van der Waals surface area (Å²) in [6.45, 7) is 0. The first-order valence-corrected chi connectivity index (χ1v) is 10.9. The molecule has 0 N–H and O–H groups in total. The van der Waals surface area contributed by atoms with Crippen LogP contribution in [0.5, 0.6) is 11.5 Å². The van der Waals surface area contributed by atoms with Gasteiger partial charge in [-0.05, 0) is 17.7 Å². The van der Waals surface area contributed by atoms with Crippen LogP contribution in [0.1, 0.15) is 11.3 Å². The van der Waals surface area contributed by atoms with E-state index in [1.165, 1.54) is 5.56 Å². The van der Waals surface area contributed by atoms with E-state index in [1.54, 1.807) is 42.3 Å². The minimum Gasteiger partial charge on any atom is -0.493 e. The molecular weight excluding hydrogens is 392 g/mol. The molecule has 0 radical (unpaired) electrons. The molecule has 5 nitrogen and oxygen atoms in total. The number of rotatable bonds is 6. The zero-order chi connectivity index (χ0) is 19.5. The van der Waals surface area contributed by atoms with Crippen LogP contribution < -0.4 is 15.0 Å². The quantitative estimate of drug-likeness (QED) is 0.447. The Balaban J connectivity index is 1.80. The molecule has 0 spiro atoms. The smallest absolute Gasteiger partial charge is 0.272 e. The van der Waals surface area contributed by atoms with Crippen molar-refractivity contribution in [3.8, 4) is 17.2 Å². The molecule has 0 aliphatic carbocycles. The van der Waals surface area contributed by atoms with Gasteiger partial charge in [0.1, 0.15) is 0 Å². The molecule has 0 saturated carbocycles. The molecule has 3 aromatic rings. The van der Waals surface area contributed by atoms with Gasteiger partial charge in [0.15, 0.2) is 16.7 Å². The molecule has 7 heteroatoms. The van der Waals surface area contributed by atoms with Crippen molar-refractivity contribution in [1.29, 1.82) is 0 Å². The fourth-order valence-corrected chi connectivity index (χ4v) is 5.11. The zero-order valence-corrected chi connectivity index (χ0v) is 17.3. The van der Waals surface area contributed by atoms with E-state index >= 15 is 0 Å². The SMILES string of the molecule is COc1ccc(-n2c(SCc3ccccc3)nc3c(c2=O)SCC3)cc1OC. The number of thioether (sulfide) groups is 2. The van der Waals surface area contributed by atoms with Crippen LogP contribution in [0.3, 0.4) is 0 Å². The van der Waals surface area contributed by atoms with Gasteiger partial charge in [-0.1, -0.05) is 42.1 Å². The van der Waals surface area contributed by atoms with E-state index in [2.05, 4.69) is 12.1 Å². The van der Waals surface area contributed by atoms with Gasteiger partial charge < -0.3 is 9.47 Å². The van der Waals surface area contributed by atoms with Crippen LogP contribution in [0, 0.1) is 0 Å². The Hall–Kier alpha value is -2.38. The first-order valence-electron chi connectivity index (χ1n) is 8.89. The third-order valence-corrected chi connectivity index (χ3v) is 6.62. The number of benzene rings is 2. The summed E-state index contributed by atoms with van der Waals surface area (Å²) in [5.74, 6) is 2.85. The van der Waals surface area contributed by atoms with Crippen LogP contribution in [0.4, 0.5) is 0 Å². The van der Waals surface area contributed by atoms with Gasteiger partial charge in [0.05, 0.1) is 30.5 Å². The second-order valence-electron chi connectivity index (χ2n) is 6.22. The van der Waals surface area contributed by atoms with Gasteiger partial charge in [0.25, 0.3) is 5.56 Å². The van der Waals surface area contributed by atoms with Crippen molar-refractivity contribution in [3.05, 3.63) is 70.1 Å². The normalized spacial score (nSPS) is 12.6. The predicted octanol–water partition coefficient (Wildman–Crippen LogP) is 4.19. The molecule has 4 rings (SSSR count). The highest BCUT2D eigenvalue weighted by Crippen LogP contribution is 2.33. The minimum atomic E-state index is -0.0183. The molecular formula is C21H20N2O3S2. The van der Waals surface area contributed by atoms with Crippen molar-refractivity contribution in [1.82, 2.24) is 9.55 Å². The maximum absolute atomic E-state index is 13.3. The molecule has 0 saturated heterocycles. The third kappa shape index (κ3) is 3.64. The maximum Gasteiger partial charge on any atom is 0.272 e. The molecule has 2 heterocycles. The highest BCUT2D eigenvalue weighted by molar-refractivity contribution is 7.99. The van der Waals surface area contributed by atoms with Gasteiger partial charge in [0.2, 0.25) is 0 Å². The second kappa shape index (κ2) is 8.32. The van der Waals surface area contributed by atoms with Crippen LogP contribution in [-0.2, 0) is 12.2 Å². The summed E-state index contributed by atoms with van der Waals surface area (Å²) in [5, 5.41) is 0.697. The molecule has 0 fully saturated rings. The van der Waals surface area contributed by atoms with E-state index in [4.69, 9.17) is 14.5 Å². The summed E-state index contributed by atoms with van der Waals surface area (Å²) in [5.41, 5.74) is 2.80. The molecule has 1 aliphatic rings. The van der Waals surface area contributed by atoms with Gasteiger partial charge >= 0.3 is 0 Å². The summed E-state index contributed by atoms with van der Waals surface area (Å²) >= 11 is 3.15. The standard InChI is InChI=1S/C21H20N2O3S2/c1-25-17-9-8-15(12-18(17)26-2)23-20(24)19-16(10-11-27-19)22-21(23)28-13-14-6-4-3-5-7-14/h3-9,12H,10-11,13H2,1-2H3. The predicted molar refractivity (Wildman–Crippen MR) is 113 cm³/mol. The zero-order valence-electron chi connectivity index (χ0n) is 15.7. The summed E-state index contributed by atoms with van der Waals surface area (Å²) < 4.78 is 12.4. The number of ether oxygens (including phenoxy) is 2. The lowest BCUT2D eigenvalue weighted by Crippen LogP contribution is -2.23. The molecule has 144 valence electrons. The summed E-state index contributed by atoms with van der Waals surface area (Å²) in [4.78, 5) is 18.8. The monoisotopic (exact) mass is 412 g/mol.